The summed E-state index contributed by atoms with van der Waals surface area (Å²) in [5.41, 5.74) is 0.771. The Morgan fingerprint density at radius 1 is 1.30 bits per heavy atom. The Kier molecular flexibility index (Phi) is 4.74. The van der Waals surface area contributed by atoms with E-state index in [4.69, 9.17) is 4.74 Å². The largest absolute Gasteiger partial charge is 0.481 e. The predicted molar refractivity (Wildman–Crippen MR) is 79.0 cm³/mol. The van der Waals surface area contributed by atoms with Crippen molar-refractivity contribution in [3.63, 3.8) is 0 Å². The van der Waals surface area contributed by atoms with E-state index in [1.54, 1.807) is 42.6 Å². The van der Waals surface area contributed by atoms with E-state index in [2.05, 4.69) is 25.6 Å². The van der Waals surface area contributed by atoms with Crippen LogP contribution in [-0.2, 0) is 16.6 Å². The first kappa shape index (κ1) is 15.0. The number of nitrogens with zero attached hydrogens (tertiary/aromatic N) is 1. The van der Waals surface area contributed by atoms with Gasteiger partial charge in [0, 0.05) is 23.3 Å². The maximum Gasteiger partial charge on any atom is 0.241 e. The number of halogens is 1. The SMILES string of the molecule is COc1cc(CNS(=O)(=O)c2ccccc2Br)ccn1. The van der Waals surface area contributed by atoms with Gasteiger partial charge >= 0.3 is 0 Å². The Morgan fingerprint density at radius 2 is 2.05 bits per heavy atom. The van der Waals surface area contributed by atoms with Crippen molar-refractivity contribution in [2.45, 2.75) is 11.4 Å². The summed E-state index contributed by atoms with van der Waals surface area (Å²) in [5, 5.41) is 0. The Morgan fingerprint density at radius 3 is 2.75 bits per heavy atom. The molecule has 1 heterocycles. The number of methoxy groups -OCH3 is 1. The summed E-state index contributed by atoms with van der Waals surface area (Å²) in [6, 6.07) is 10.1. The van der Waals surface area contributed by atoms with Crippen LogP contribution in [0.2, 0.25) is 0 Å². The van der Waals surface area contributed by atoms with Crippen molar-refractivity contribution in [2.75, 3.05) is 7.11 Å². The highest BCUT2D eigenvalue weighted by Gasteiger charge is 2.16. The first-order valence-corrected chi connectivity index (χ1v) is 8.03. The van der Waals surface area contributed by atoms with E-state index in [9.17, 15) is 8.42 Å². The lowest BCUT2D eigenvalue weighted by Crippen LogP contribution is -2.23. The molecule has 0 unspecified atom stereocenters. The molecule has 0 aliphatic carbocycles. The van der Waals surface area contributed by atoms with Gasteiger partial charge in [0.15, 0.2) is 0 Å². The van der Waals surface area contributed by atoms with Crippen molar-refractivity contribution < 1.29 is 13.2 Å². The first-order chi connectivity index (χ1) is 9.53. The average Bonchev–Trinajstić information content (AvgIpc) is 2.46. The van der Waals surface area contributed by atoms with Crippen LogP contribution < -0.4 is 9.46 Å². The van der Waals surface area contributed by atoms with E-state index in [1.807, 2.05) is 0 Å². The van der Waals surface area contributed by atoms with Gasteiger partial charge in [-0.25, -0.2) is 18.1 Å². The van der Waals surface area contributed by atoms with Crippen molar-refractivity contribution >= 4 is 26.0 Å². The molecule has 0 saturated heterocycles. The number of benzene rings is 1. The van der Waals surface area contributed by atoms with Crippen molar-refractivity contribution in [2.24, 2.45) is 0 Å². The van der Waals surface area contributed by atoms with Gasteiger partial charge in [-0.1, -0.05) is 12.1 Å². The third kappa shape index (κ3) is 3.56. The fourth-order valence-corrected chi connectivity index (χ4v) is 3.61. The van der Waals surface area contributed by atoms with E-state index >= 15 is 0 Å². The quantitative estimate of drug-likeness (QED) is 0.892. The highest BCUT2D eigenvalue weighted by molar-refractivity contribution is 9.10. The van der Waals surface area contributed by atoms with Gasteiger partial charge in [-0.3, -0.25) is 0 Å². The second kappa shape index (κ2) is 6.34. The summed E-state index contributed by atoms with van der Waals surface area (Å²) < 4.78 is 32.5. The summed E-state index contributed by atoms with van der Waals surface area (Å²) >= 11 is 3.23. The minimum Gasteiger partial charge on any atom is -0.481 e. The van der Waals surface area contributed by atoms with Gasteiger partial charge in [0.1, 0.15) is 0 Å². The van der Waals surface area contributed by atoms with Crippen LogP contribution in [0.1, 0.15) is 5.56 Å². The summed E-state index contributed by atoms with van der Waals surface area (Å²) in [4.78, 5) is 4.18. The Labute approximate surface area is 126 Å². The predicted octanol–water partition coefficient (Wildman–Crippen LogP) is 2.33. The summed E-state index contributed by atoms with van der Waals surface area (Å²) in [6.45, 7) is 0.169. The van der Waals surface area contributed by atoms with Crippen LogP contribution in [-0.4, -0.2) is 20.5 Å². The van der Waals surface area contributed by atoms with Crippen molar-refractivity contribution in [3.8, 4) is 5.88 Å². The van der Waals surface area contributed by atoms with Crippen LogP contribution in [0.4, 0.5) is 0 Å². The Hall–Kier alpha value is -1.44. The highest BCUT2D eigenvalue weighted by Crippen LogP contribution is 2.21. The molecule has 0 radical (unpaired) electrons. The number of ether oxygens (including phenoxy) is 1. The second-order valence-electron chi connectivity index (χ2n) is 3.96. The number of sulfonamides is 1. The number of aromatic nitrogens is 1. The molecule has 2 aromatic rings. The fourth-order valence-electron chi connectivity index (χ4n) is 1.59. The first-order valence-electron chi connectivity index (χ1n) is 5.76. The number of nitrogens with one attached hydrogen (secondary N) is 1. The zero-order valence-corrected chi connectivity index (χ0v) is 13.1. The van der Waals surface area contributed by atoms with Crippen molar-refractivity contribution in [3.05, 3.63) is 52.6 Å². The number of hydrogen-bond acceptors (Lipinski definition) is 4. The third-order valence-electron chi connectivity index (χ3n) is 2.60. The Bertz CT molecular complexity index is 704. The summed E-state index contributed by atoms with van der Waals surface area (Å²) in [7, 11) is -2.06. The molecule has 0 amide bonds. The van der Waals surface area contributed by atoms with Crippen LogP contribution in [0, 0.1) is 0 Å². The lowest BCUT2D eigenvalue weighted by molar-refractivity contribution is 0.397. The van der Waals surface area contributed by atoms with Gasteiger partial charge < -0.3 is 4.74 Å². The monoisotopic (exact) mass is 356 g/mol. The molecule has 1 aromatic carbocycles. The molecule has 20 heavy (non-hydrogen) atoms. The smallest absolute Gasteiger partial charge is 0.241 e. The molecule has 0 bridgehead atoms. The molecule has 0 atom stereocenters. The van der Waals surface area contributed by atoms with Gasteiger partial charge in [-0.05, 0) is 39.7 Å². The molecule has 0 fully saturated rings. The van der Waals surface area contributed by atoms with E-state index in [-0.39, 0.29) is 11.4 Å². The van der Waals surface area contributed by atoms with Gasteiger partial charge in [0.05, 0.1) is 12.0 Å². The van der Waals surface area contributed by atoms with Crippen LogP contribution in [0.15, 0.2) is 52.0 Å². The molecule has 0 aliphatic heterocycles. The summed E-state index contributed by atoms with van der Waals surface area (Å²) in [5.74, 6) is 0.447. The number of pyridine rings is 1. The van der Waals surface area contributed by atoms with Crippen molar-refractivity contribution in [1.29, 1.82) is 0 Å². The molecular weight excluding hydrogens is 344 g/mol. The fraction of sp³-hybridized carbons (Fsp3) is 0.154. The molecule has 0 saturated carbocycles. The molecule has 2 rings (SSSR count). The van der Waals surface area contributed by atoms with E-state index in [1.165, 1.54) is 7.11 Å². The van der Waals surface area contributed by atoms with Crippen LogP contribution in [0.25, 0.3) is 0 Å². The van der Waals surface area contributed by atoms with Crippen molar-refractivity contribution in [1.82, 2.24) is 9.71 Å². The standard InChI is InChI=1S/C13H13BrN2O3S/c1-19-13-8-10(6-7-15-13)9-16-20(17,18)12-5-3-2-4-11(12)14/h2-8,16H,9H2,1H3. The molecule has 0 aliphatic rings. The van der Waals surface area contributed by atoms with E-state index in [0.29, 0.717) is 10.4 Å². The molecule has 0 spiro atoms. The van der Waals surface area contributed by atoms with Gasteiger partial charge in [-0.15, -0.1) is 0 Å². The minimum atomic E-state index is -3.57. The molecule has 1 N–H and O–H groups in total. The molecular formula is C13H13BrN2O3S. The number of rotatable bonds is 5. The molecule has 106 valence electrons. The topological polar surface area (TPSA) is 68.3 Å². The van der Waals surface area contributed by atoms with E-state index < -0.39 is 10.0 Å². The molecule has 5 nitrogen and oxygen atoms in total. The van der Waals surface area contributed by atoms with Crippen LogP contribution in [0.3, 0.4) is 0 Å². The lowest BCUT2D eigenvalue weighted by atomic mass is 10.3. The summed E-state index contributed by atoms with van der Waals surface area (Å²) in [6.07, 6.45) is 1.57. The molecule has 1 aromatic heterocycles. The number of hydrogen-bond donors (Lipinski definition) is 1. The van der Waals surface area contributed by atoms with Crippen LogP contribution in [0.5, 0.6) is 5.88 Å². The third-order valence-corrected chi connectivity index (χ3v) is 5.01. The lowest BCUT2D eigenvalue weighted by Gasteiger charge is -2.09. The van der Waals surface area contributed by atoms with Gasteiger partial charge in [0.2, 0.25) is 15.9 Å². The maximum atomic E-state index is 12.2. The minimum absolute atomic E-state index is 0.169. The maximum absolute atomic E-state index is 12.2. The van der Waals surface area contributed by atoms with E-state index in [0.717, 1.165) is 5.56 Å². The zero-order valence-electron chi connectivity index (χ0n) is 10.7. The van der Waals surface area contributed by atoms with Gasteiger partial charge in [-0.2, -0.15) is 0 Å². The normalized spacial score (nSPS) is 11.3. The zero-order chi connectivity index (χ0) is 14.6. The average molecular weight is 357 g/mol. The second-order valence-corrected chi connectivity index (χ2v) is 6.55. The Balaban J connectivity index is 2.15. The molecule has 7 heteroatoms. The highest BCUT2D eigenvalue weighted by atomic mass is 79.9. The van der Waals surface area contributed by atoms with Gasteiger partial charge in [0.25, 0.3) is 0 Å². The van der Waals surface area contributed by atoms with Crippen LogP contribution >= 0.6 is 15.9 Å².